The van der Waals surface area contributed by atoms with Gasteiger partial charge in [-0.15, -0.1) is 0 Å². The number of halogens is 1. The lowest BCUT2D eigenvalue weighted by molar-refractivity contribution is -0.130. The van der Waals surface area contributed by atoms with Crippen LogP contribution in [0.2, 0.25) is 5.02 Å². The minimum Gasteiger partial charge on any atom is -0.493 e. The van der Waals surface area contributed by atoms with E-state index in [1.54, 1.807) is 12.1 Å². The number of likely N-dealkylation sites (tertiary alicyclic amines) is 1. The molecule has 3 rings (SSSR count). The molecule has 2 atom stereocenters. The molecule has 1 aromatic heterocycles. The van der Waals surface area contributed by atoms with Crippen LogP contribution in [0, 0.1) is 0 Å². The normalized spacial score (nSPS) is 19.6. The molecule has 0 bridgehead atoms. The van der Waals surface area contributed by atoms with Crippen molar-refractivity contribution in [1.29, 1.82) is 0 Å². The van der Waals surface area contributed by atoms with E-state index in [0.717, 1.165) is 0 Å². The maximum atomic E-state index is 11.8. The molecule has 8 nitrogen and oxygen atoms in total. The Balaban J connectivity index is 1.92. The van der Waals surface area contributed by atoms with E-state index in [2.05, 4.69) is 10.1 Å². The monoisotopic (exact) mass is 395 g/mol. The molecular weight excluding hydrogens is 374 g/mol. The number of β-amino-alcohol motifs (C(OH)–C–C–N with tert-alkyl or cyclic N) is 1. The van der Waals surface area contributed by atoms with Gasteiger partial charge in [-0.25, -0.2) is 0 Å². The van der Waals surface area contributed by atoms with Gasteiger partial charge in [-0.3, -0.25) is 4.79 Å². The maximum absolute atomic E-state index is 11.8. The zero-order valence-electron chi connectivity index (χ0n) is 15.6. The number of rotatable bonds is 5. The van der Waals surface area contributed by atoms with Gasteiger partial charge >= 0.3 is 0 Å². The first-order chi connectivity index (χ1) is 12.8. The highest BCUT2D eigenvalue weighted by atomic mass is 35.5. The van der Waals surface area contributed by atoms with E-state index in [1.165, 1.54) is 18.9 Å². The molecule has 0 radical (unpaired) electrons. The number of hydrogen-bond acceptors (Lipinski definition) is 7. The number of nitrogens with zero attached hydrogens (tertiary/aromatic N) is 3. The van der Waals surface area contributed by atoms with Crippen LogP contribution in [0.5, 0.6) is 11.5 Å². The average Bonchev–Trinajstić information content (AvgIpc) is 3.22. The molecule has 1 aromatic carbocycles. The van der Waals surface area contributed by atoms with Gasteiger partial charge in [0.15, 0.2) is 11.5 Å². The fourth-order valence-electron chi connectivity index (χ4n) is 3.08. The maximum Gasteiger partial charge on any atom is 0.249 e. The van der Waals surface area contributed by atoms with Crippen LogP contribution in [0.25, 0.3) is 11.4 Å². The van der Waals surface area contributed by atoms with Crippen LogP contribution in [0.4, 0.5) is 0 Å². The van der Waals surface area contributed by atoms with E-state index in [4.69, 9.17) is 25.6 Å². The van der Waals surface area contributed by atoms with Crippen molar-refractivity contribution >= 4 is 17.5 Å². The van der Waals surface area contributed by atoms with Gasteiger partial charge in [0.2, 0.25) is 17.6 Å². The Kier molecular flexibility index (Phi) is 5.57. The fourth-order valence-corrected chi connectivity index (χ4v) is 3.34. The van der Waals surface area contributed by atoms with Gasteiger partial charge in [0.25, 0.3) is 0 Å². The molecule has 146 valence electrons. The van der Waals surface area contributed by atoms with E-state index in [0.29, 0.717) is 34.3 Å². The minimum absolute atomic E-state index is 0.0645. The number of carbonyl (C=O) groups excluding carboxylic acids is 1. The Morgan fingerprint density at radius 2 is 2.19 bits per heavy atom. The fraction of sp³-hybridized carbons (Fsp3) is 0.500. The number of aliphatic hydroxyl groups is 1. The Bertz CT molecular complexity index is 838. The van der Waals surface area contributed by atoms with Crippen LogP contribution in [-0.2, 0) is 4.79 Å². The van der Waals surface area contributed by atoms with Crippen LogP contribution < -0.4 is 9.47 Å². The molecular formula is C18H22ClN3O5. The second-order valence-corrected chi connectivity index (χ2v) is 7.10. The van der Waals surface area contributed by atoms with Gasteiger partial charge in [0.1, 0.15) is 6.04 Å². The van der Waals surface area contributed by atoms with E-state index >= 15 is 0 Å². The van der Waals surface area contributed by atoms with E-state index in [9.17, 15) is 9.90 Å². The first-order valence-electron chi connectivity index (χ1n) is 8.63. The molecule has 1 amide bonds. The molecule has 9 heteroatoms. The second kappa shape index (κ2) is 7.74. The molecule has 1 aliphatic heterocycles. The molecule has 2 heterocycles. The molecule has 1 N–H and O–H groups in total. The number of benzene rings is 1. The first-order valence-corrected chi connectivity index (χ1v) is 9.01. The van der Waals surface area contributed by atoms with Crippen LogP contribution in [0.1, 0.15) is 39.1 Å². The Labute approximate surface area is 162 Å². The van der Waals surface area contributed by atoms with E-state index < -0.39 is 12.1 Å². The number of methoxy groups -OCH3 is 1. The first kappa shape index (κ1) is 19.4. The summed E-state index contributed by atoms with van der Waals surface area (Å²) in [7, 11) is 1.52. The van der Waals surface area contributed by atoms with Crippen LogP contribution in [-0.4, -0.2) is 51.9 Å². The van der Waals surface area contributed by atoms with Crippen molar-refractivity contribution in [3.63, 3.8) is 0 Å². The van der Waals surface area contributed by atoms with Crippen molar-refractivity contribution in [3.05, 3.63) is 23.0 Å². The third-order valence-electron chi connectivity index (χ3n) is 4.25. The van der Waals surface area contributed by atoms with Gasteiger partial charge in [0, 0.05) is 25.5 Å². The van der Waals surface area contributed by atoms with Crippen molar-refractivity contribution in [2.75, 3.05) is 13.7 Å². The summed E-state index contributed by atoms with van der Waals surface area (Å²) in [5, 5.41) is 14.2. The van der Waals surface area contributed by atoms with Crippen molar-refractivity contribution in [2.45, 2.75) is 45.4 Å². The standard InChI is InChI=1S/C18H22ClN3O5/c1-9(2)26-16-13(19)5-11(6-15(16)25-4)17-20-18(27-21-17)14-7-12(24)8-22(14)10(3)23/h5-6,9,12,14,24H,7-8H2,1-4H3/t12-,14+/m0/s1. The Morgan fingerprint density at radius 1 is 1.44 bits per heavy atom. The van der Waals surface area contributed by atoms with E-state index in [1.807, 2.05) is 13.8 Å². The molecule has 27 heavy (non-hydrogen) atoms. The highest BCUT2D eigenvalue weighted by Crippen LogP contribution is 2.40. The number of ether oxygens (including phenoxy) is 2. The second-order valence-electron chi connectivity index (χ2n) is 6.69. The highest BCUT2D eigenvalue weighted by Gasteiger charge is 2.37. The minimum atomic E-state index is -0.615. The zero-order valence-corrected chi connectivity index (χ0v) is 16.4. The summed E-state index contributed by atoms with van der Waals surface area (Å²) in [6.07, 6.45) is -0.325. The lowest BCUT2D eigenvalue weighted by Crippen LogP contribution is -2.29. The van der Waals surface area contributed by atoms with Gasteiger partial charge in [0.05, 0.1) is 24.3 Å². The summed E-state index contributed by atoms with van der Waals surface area (Å²) >= 11 is 6.35. The summed E-state index contributed by atoms with van der Waals surface area (Å²) in [5.41, 5.74) is 0.593. The topological polar surface area (TPSA) is 97.9 Å². The van der Waals surface area contributed by atoms with Crippen LogP contribution in [0.3, 0.4) is 0 Å². The van der Waals surface area contributed by atoms with E-state index in [-0.39, 0.29) is 24.4 Å². The predicted octanol–water partition coefficient (Wildman–Crippen LogP) is 2.84. The third kappa shape index (κ3) is 4.01. The van der Waals surface area contributed by atoms with Crippen LogP contribution >= 0.6 is 11.6 Å². The summed E-state index contributed by atoms with van der Waals surface area (Å²) in [6.45, 7) is 5.48. The van der Waals surface area contributed by atoms with Crippen molar-refractivity contribution in [1.82, 2.24) is 15.0 Å². The lowest BCUT2D eigenvalue weighted by atomic mass is 10.1. The molecule has 1 saturated heterocycles. The summed E-state index contributed by atoms with van der Waals surface area (Å²) in [6, 6.07) is 2.94. The van der Waals surface area contributed by atoms with Gasteiger partial charge in [-0.1, -0.05) is 16.8 Å². The molecule has 0 unspecified atom stereocenters. The third-order valence-corrected chi connectivity index (χ3v) is 4.53. The number of hydrogen-bond donors (Lipinski definition) is 1. The lowest BCUT2D eigenvalue weighted by Gasteiger charge is -2.19. The van der Waals surface area contributed by atoms with Crippen molar-refractivity contribution in [2.24, 2.45) is 0 Å². The molecule has 1 aliphatic rings. The summed E-state index contributed by atoms with van der Waals surface area (Å²) < 4.78 is 16.4. The number of carbonyl (C=O) groups is 1. The molecule has 2 aromatic rings. The number of aliphatic hydroxyl groups excluding tert-OH is 1. The highest BCUT2D eigenvalue weighted by molar-refractivity contribution is 6.32. The Hall–Kier alpha value is -2.32. The predicted molar refractivity (Wildman–Crippen MR) is 97.8 cm³/mol. The largest absolute Gasteiger partial charge is 0.493 e. The molecule has 0 spiro atoms. The average molecular weight is 396 g/mol. The Morgan fingerprint density at radius 3 is 2.81 bits per heavy atom. The zero-order chi connectivity index (χ0) is 19.7. The van der Waals surface area contributed by atoms with Gasteiger partial charge in [-0.2, -0.15) is 4.98 Å². The summed E-state index contributed by atoms with van der Waals surface area (Å²) in [5.74, 6) is 1.33. The molecule has 0 saturated carbocycles. The van der Waals surface area contributed by atoms with Gasteiger partial charge < -0.3 is 24.0 Å². The van der Waals surface area contributed by atoms with Crippen molar-refractivity contribution in [3.8, 4) is 22.9 Å². The van der Waals surface area contributed by atoms with Gasteiger partial charge in [-0.05, 0) is 26.0 Å². The van der Waals surface area contributed by atoms with Crippen LogP contribution in [0.15, 0.2) is 16.7 Å². The number of aromatic nitrogens is 2. The van der Waals surface area contributed by atoms with Crippen molar-refractivity contribution < 1.29 is 23.9 Å². The summed E-state index contributed by atoms with van der Waals surface area (Å²) in [4.78, 5) is 17.7. The quantitative estimate of drug-likeness (QED) is 0.831. The number of amides is 1. The molecule has 0 aliphatic carbocycles. The SMILES string of the molecule is COc1cc(-c2noc([C@H]3C[C@H](O)CN3C(C)=O)n2)cc(Cl)c1OC(C)C. The molecule has 1 fully saturated rings. The smallest absolute Gasteiger partial charge is 0.249 e.